The second-order valence-electron chi connectivity index (χ2n) is 12.7. The average molecular weight is 515 g/mol. The zero-order chi connectivity index (χ0) is 26.4. The van der Waals surface area contributed by atoms with Crippen LogP contribution in [0.25, 0.3) is 0 Å². The third-order valence-corrected chi connectivity index (χ3v) is 10.5. The Balaban J connectivity index is 1.27. The molecule has 5 heteroatoms. The molecule has 0 heterocycles. The molecule has 4 rings (SSSR count). The predicted molar refractivity (Wildman–Crippen MR) is 145 cm³/mol. The lowest BCUT2D eigenvalue weighted by Gasteiger charge is -2.53. The zero-order valence-corrected chi connectivity index (χ0v) is 23.6. The summed E-state index contributed by atoms with van der Waals surface area (Å²) in [6.07, 6.45) is 18.6. The summed E-state index contributed by atoms with van der Waals surface area (Å²) < 4.78 is 11.5. The van der Waals surface area contributed by atoms with Gasteiger partial charge in [-0.05, 0) is 87.0 Å². The SMILES string of the molecule is CCCCCCCCCC(=O)OCC(=O)O[C@H]1[C@@H](CC)C[C@H]2[C@@H]3CCC4=CC(=O)CC[C@@H]4[C@H]3CC[C@@]21C. The van der Waals surface area contributed by atoms with Crippen molar-refractivity contribution in [3.05, 3.63) is 11.6 Å². The van der Waals surface area contributed by atoms with Gasteiger partial charge in [0.15, 0.2) is 12.4 Å². The predicted octanol–water partition coefficient (Wildman–Crippen LogP) is 7.36. The van der Waals surface area contributed by atoms with E-state index in [1.54, 1.807) is 0 Å². The fraction of sp³-hybridized carbons (Fsp3) is 0.844. The number of hydrogen-bond donors (Lipinski definition) is 0. The second-order valence-corrected chi connectivity index (χ2v) is 12.7. The first-order valence-electron chi connectivity index (χ1n) is 15.5. The van der Waals surface area contributed by atoms with E-state index in [0.717, 1.165) is 64.2 Å². The molecule has 0 aliphatic heterocycles. The van der Waals surface area contributed by atoms with Crippen molar-refractivity contribution in [3.8, 4) is 0 Å². The number of ether oxygens (including phenoxy) is 2. The fourth-order valence-corrected chi connectivity index (χ4v) is 8.54. The number of esters is 2. The number of rotatable bonds is 12. The van der Waals surface area contributed by atoms with E-state index in [0.29, 0.717) is 48.2 Å². The van der Waals surface area contributed by atoms with Crippen molar-refractivity contribution in [1.82, 2.24) is 0 Å². The van der Waals surface area contributed by atoms with Crippen LogP contribution in [0.4, 0.5) is 0 Å². The van der Waals surface area contributed by atoms with Crippen LogP contribution in [0.15, 0.2) is 11.6 Å². The van der Waals surface area contributed by atoms with Crippen LogP contribution in [0.1, 0.15) is 124 Å². The Morgan fingerprint density at radius 1 is 0.946 bits per heavy atom. The van der Waals surface area contributed by atoms with Gasteiger partial charge in [-0.3, -0.25) is 9.59 Å². The van der Waals surface area contributed by atoms with E-state index in [1.807, 2.05) is 6.08 Å². The summed E-state index contributed by atoms with van der Waals surface area (Å²) in [7, 11) is 0. The van der Waals surface area contributed by atoms with Gasteiger partial charge in [0, 0.05) is 18.3 Å². The van der Waals surface area contributed by atoms with E-state index < -0.39 is 0 Å². The van der Waals surface area contributed by atoms with Gasteiger partial charge in [-0.1, -0.05) is 64.9 Å². The van der Waals surface area contributed by atoms with Gasteiger partial charge in [0.2, 0.25) is 0 Å². The number of allylic oxidation sites excluding steroid dienone is 1. The molecule has 5 nitrogen and oxygen atoms in total. The maximum Gasteiger partial charge on any atom is 0.344 e. The number of unbranched alkanes of at least 4 members (excludes halogenated alkanes) is 6. The molecule has 7 atom stereocenters. The monoisotopic (exact) mass is 514 g/mol. The number of hydrogen-bond acceptors (Lipinski definition) is 5. The Morgan fingerprint density at radius 2 is 1.70 bits per heavy atom. The van der Waals surface area contributed by atoms with E-state index in [9.17, 15) is 14.4 Å². The maximum atomic E-state index is 12.8. The van der Waals surface area contributed by atoms with Gasteiger partial charge in [-0.15, -0.1) is 0 Å². The molecule has 0 spiro atoms. The summed E-state index contributed by atoms with van der Waals surface area (Å²) in [6, 6.07) is 0. The van der Waals surface area contributed by atoms with Gasteiger partial charge >= 0.3 is 11.9 Å². The minimum atomic E-state index is -0.389. The minimum Gasteiger partial charge on any atom is -0.459 e. The fourth-order valence-electron chi connectivity index (χ4n) is 8.54. The van der Waals surface area contributed by atoms with Crippen molar-refractivity contribution < 1.29 is 23.9 Å². The first-order chi connectivity index (χ1) is 17.9. The molecule has 0 aromatic rings. The van der Waals surface area contributed by atoms with Crippen LogP contribution < -0.4 is 0 Å². The van der Waals surface area contributed by atoms with Crippen LogP contribution in [0.5, 0.6) is 0 Å². The van der Waals surface area contributed by atoms with Gasteiger partial charge in [0.25, 0.3) is 0 Å². The Morgan fingerprint density at radius 3 is 2.46 bits per heavy atom. The Bertz CT molecular complexity index is 846. The number of carbonyl (C=O) groups excluding carboxylic acids is 3. The number of fused-ring (bicyclic) bond motifs is 5. The molecular formula is C32H50O5. The molecule has 0 amide bonds. The highest BCUT2D eigenvalue weighted by Gasteiger charge is 2.60. The first-order valence-corrected chi connectivity index (χ1v) is 15.5. The third-order valence-electron chi connectivity index (χ3n) is 10.5. The van der Waals surface area contributed by atoms with Crippen LogP contribution >= 0.6 is 0 Å². The lowest BCUT2D eigenvalue weighted by molar-refractivity contribution is -0.171. The lowest BCUT2D eigenvalue weighted by atomic mass is 9.52. The summed E-state index contributed by atoms with van der Waals surface area (Å²) in [6.45, 7) is 6.51. The van der Waals surface area contributed by atoms with Crippen LogP contribution in [0.3, 0.4) is 0 Å². The average Bonchev–Trinajstić information content (AvgIpc) is 3.18. The Kier molecular flexibility index (Phi) is 9.91. The quantitative estimate of drug-likeness (QED) is 0.201. The molecule has 4 aliphatic rings. The molecule has 3 saturated carbocycles. The number of ketones is 1. The molecular weight excluding hydrogens is 464 g/mol. The molecule has 0 unspecified atom stereocenters. The van der Waals surface area contributed by atoms with Gasteiger partial charge in [-0.2, -0.15) is 0 Å². The van der Waals surface area contributed by atoms with Crippen LogP contribution in [-0.4, -0.2) is 30.4 Å². The van der Waals surface area contributed by atoms with Gasteiger partial charge in [0.05, 0.1) is 0 Å². The molecule has 0 aromatic heterocycles. The molecule has 0 aromatic carbocycles. The van der Waals surface area contributed by atoms with Crippen molar-refractivity contribution in [2.75, 3.05) is 6.61 Å². The summed E-state index contributed by atoms with van der Waals surface area (Å²) in [5.74, 6) is 2.48. The lowest BCUT2D eigenvalue weighted by Crippen LogP contribution is -2.49. The molecule has 37 heavy (non-hydrogen) atoms. The summed E-state index contributed by atoms with van der Waals surface area (Å²) in [5.41, 5.74) is 1.40. The molecule has 208 valence electrons. The second kappa shape index (κ2) is 12.9. The van der Waals surface area contributed by atoms with Crippen molar-refractivity contribution in [2.45, 2.75) is 130 Å². The van der Waals surface area contributed by atoms with Gasteiger partial charge < -0.3 is 9.47 Å². The van der Waals surface area contributed by atoms with Crippen molar-refractivity contribution in [3.63, 3.8) is 0 Å². The smallest absolute Gasteiger partial charge is 0.344 e. The molecule has 0 radical (unpaired) electrons. The van der Waals surface area contributed by atoms with Gasteiger partial charge in [-0.25, -0.2) is 4.79 Å². The number of carbonyl (C=O) groups is 3. The normalized spacial score (nSPS) is 34.7. The van der Waals surface area contributed by atoms with Crippen molar-refractivity contribution in [1.29, 1.82) is 0 Å². The summed E-state index contributed by atoms with van der Waals surface area (Å²) in [4.78, 5) is 37.0. The Hall–Kier alpha value is -1.65. The molecule has 0 bridgehead atoms. The zero-order valence-electron chi connectivity index (χ0n) is 23.6. The highest BCUT2D eigenvalue weighted by Crippen LogP contribution is 2.64. The van der Waals surface area contributed by atoms with Crippen LogP contribution in [0.2, 0.25) is 0 Å². The van der Waals surface area contributed by atoms with E-state index in [4.69, 9.17) is 9.47 Å². The topological polar surface area (TPSA) is 69.7 Å². The maximum absolute atomic E-state index is 12.8. The summed E-state index contributed by atoms with van der Waals surface area (Å²) in [5, 5.41) is 0. The molecule has 3 fully saturated rings. The van der Waals surface area contributed by atoms with E-state index in [-0.39, 0.29) is 30.1 Å². The van der Waals surface area contributed by atoms with E-state index in [1.165, 1.54) is 31.3 Å². The van der Waals surface area contributed by atoms with E-state index >= 15 is 0 Å². The standard InChI is InChI=1S/C32H50O5/c1-4-6-7-8-9-10-11-12-29(34)36-21-30(35)37-31-22(5-2)20-28-27-15-13-23-19-24(33)14-16-25(23)26(27)17-18-32(28,31)3/h19,22,25-28,31H,4-18,20-21H2,1-3H3/t22-,25-,26+,27+,28-,31-,32-/m0/s1. The van der Waals surface area contributed by atoms with Crippen LogP contribution in [-0.2, 0) is 23.9 Å². The first kappa shape index (κ1) is 28.4. The van der Waals surface area contributed by atoms with Crippen molar-refractivity contribution in [2.24, 2.45) is 35.0 Å². The summed E-state index contributed by atoms with van der Waals surface area (Å²) >= 11 is 0. The third kappa shape index (κ3) is 6.50. The minimum absolute atomic E-state index is 0.00894. The van der Waals surface area contributed by atoms with Crippen LogP contribution in [0, 0.1) is 35.0 Å². The molecule has 4 aliphatic carbocycles. The van der Waals surface area contributed by atoms with Gasteiger partial charge in [0.1, 0.15) is 6.10 Å². The highest BCUT2D eigenvalue weighted by atomic mass is 16.6. The molecule has 0 saturated heterocycles. The van der Waals surface area contributed by atoms with Crippen molar-refractivity contribution >= 4 is 17.7 Å². The highest BCUT2D eigenvalue weighted by molar-refractivity contribution is 5.91. The Labute approximate surface area is 224 Å². The largest absolute Gasteiger partial charge is 0.459 e. The molecule has 0 N–H and O–H groups in total. The van der Waals surface area contributed by atoms with E-state index in [2.05, 4.69) is 20.8 Å².